The van der Waals surface area contributed by atoms with E-state index in [0.29, 0.717) is 23.3 Å². The first-order chi connectivity index (χ1) is 16.7. The van der Waals surface area contributed by atoms with Gasteiger partial charge in [-0.25, -0.2) is 8.91 Å². The summed E-state index contributed by atoms with van der Waals surface area (Å²) in [4.78, 5) is 4.24. The number of nitrogens with zero attached hydrogens (tertiary/aromatic N) is 6. The summed E-state index contributed by atoms with van der Waals surface area (Å²) in [5, 5.41) is 15.2. The number of alkyl halides is 3. The number of hydrogen-bond donors (Lipinski definition) is 2. The number of nitrogens with two attached hydrogens (primary N) is 1. The SMILES string of the molecule is Nc1nc2cc(-c3cn[nH]c3CCCc3ccc(F)cc3)cc(-c3cnn(CC(F)(F)F)c3)n2n1. The number of aryl methyl sites for hydroxylation is 2. The molecule has 0 aliphatic carbocycles. The van der Waals surface area contributed by atoms with E-state index in [-0.39, 0.29) is 11.8 Å². The zero-order valence-corrected chi connectivity index (χ0v) is 18.3. The lowest BCUT2D eigenvalue weighted by atomic mass is 10.0. The number of aromatic nitrogens is 7. The average Bonchev–Trinajstić information content (AvgIpc) is 3.52. The van der Waals surface area contributed by atoms with Crippen LogP contribution in [0.2, 0.25) is 0 Å². The number of H-pyrrole nitrogens is 1. The Hall–Kier alpha value is -4.22. The third-order valence-electron chi connectivity index (χ3n) is 5.56. The highest BCUT2D eigenvalue weighted by Crippen LogP contribution is 2.30. The normalized spacial score (nSPS) is 12.0. The second kappa shape index (κ2) is 8.85. The third-order valence-corrected chi connectivity index (χ3v) is 5.56. The van der Waals surface area contributed by atoms with Gasteiger partial charge in [-0.2, -0.15) is 28.4 Å². The predicted octanol–water partition coefficient (Wildman–Crippen LogP) is 4.44. The van der Waals surface area contributed by atoms with Gasteiger partial charge in [0.1, 0.15) is 12.4 Å². The van der Waals surface area contributed by atoms with Gasteiger partial charge in [-0.05, 0) is 54.7 Å². The molecule has 0 fully saturated rings. The number of halogens is 4. The number of anilines is 1. The molecule has 35 heavy (non-hydrogen) atoms. The highest BCUT2D eigenvalue weighted by molar-refractivity contribution is 5.76. The fourth-order valence-electron chi connectivity index (χ4n) is 4.00. The minimum Gasteiger partial charge on any atom is -0.366 e. The molecule has 5 aromatic rings. The molecular formula is C23H20F4N8. The minimum absolute atomic E-state index is 0.0396. The Kier molecular flexibility index (Phi) is 5.71. The van der Waals surface area contributed by atoms with E-state index in [4.69, 9.17) is 5.73 Å². The van der Waals surface area contributed by atoms with Gasteiger partial charge in [-0.3, -0.25) is 9.78 Å². The fraction of sp³-hybridized carbons (Fsp3) is 0.217. The Morgan fingerprint density at radius 1 is 1.00 bits per heavy atom. The molecule has 4 heterocycles. The molecule has 3 N–H and O–H groups in total. The summed E-state index contributed by atoms with van der Waals surface area (Å²) < 4.78 is 53.8. The van der Waals surface area contributed by atoms with Gasteiger partial charge < -0.3 is 5.73 Å². The van der Waals surface area contributed by atoms with Gasteiger partial charge in [0.2, 0.25) is 5.95 Å². The molecule has 4 aromatic heterocycles. The first-order valence-corrected chi connectivity index (χ1v) is 10.8. The van der Waals surface area contributed by atoms with Crippen LogP contribution in [0.15, 0.2) is 55.0 Å². The standard InChI is InChI=1S/C23H20F4N8/c24-17-6-4-14(5-7-17)2-1-3-19-18(11-29-32-19)15-8-20(35-21(9-15)31-22(28)33-35)16-10-30-34(12-16)13-23(25,26)27/h4-12H,1-3,13H2,(H2,28,33)(H,29,32). The molecule has 0 spiro atoms. The van der Waals surface area contributed by atoms with Crippen LogP contribution in [0.3, 0.4) is 0 Å². The molecule has 0 atom stereocenters. The zero-order valence-electron chi connectivity index (χ0n) is 18.3. The van der Waals surface area contributed by atoms with E-state index in [0.717, 1.165) is 39.9 Å². The molecule has 0 saturated heterocycles. The molecule has 0 aliphatic rings. The van der Waals surface area contributed by atoms with Gasteiger partial charge in [0, 0.05) is 23.0 Å². The third kappa shape index (κ3) is 5.00. The van der Waals surface area contributed by atoms with Gasteiger partial charge in [-0.15, -0.1) is 5.10 Å². The number of hydrogen-bond acceptors (Lipinski definition) is 5. The fourth-order valence-corrected chi connectivity index (χ4v) is 4.00. The number of aromatic amines is 1. The van der Waals surface area contributed by atoms with Crippen molar-refractivity contribution < 1.29 is 17.6 Å². The average molecular weight is 484 g/mol. The quantitative estimate of drug-likeness (QED) is 0.333. The molecule has 0 amide bonds. The molecule has 8 nitrogen and oxygen atoms in total. The van der Waals surface area contributed by atoms with Crippen LogP contribution in [0, 0.1) is 5.82 Å². The van der Waals surface area contributed by atoms with Crippen molar-refractivity contribution in [3.8, 4) is 22.4 Å². The maximum absolute atomic E-state index is 13.1. The van der Waals surface area contributed by atoms with Crippen LogP contribution in [0.5, 0.6) is 0 Å². The van der Waals surface area contributed by atoms with E-state index in [9.17, 15) is 17.6 Å². The van der Waals surface area contributed by atoms with Gasteiger partial charge in [0.15, 0.2) is 5.65 Å². The van der Waals surface area contributed by atoms with Crippen LogP contribution < -0.4 is 5.73 Å². The van der Waals surface area contributed by atoms with Crippen LogP contribution in [0.4, 0.5) is 23.5 Å². The van der Waals surface area contributed by atoms with Gasteiger partial charge in [0.25, 0.3) is 0 Å². The Morgan fingerprint density at radius 3 is 2.57 bits per heavy atom. The molecule has 180 valence electrons. The van der Waals surface area contributed by atoms with Crippen molar-refractivity contribution in [3.63, 3.8) is 0 Å². The van der Waals surface area contributed by atoms with E-state index in [1.54, 1.807) is 30.5 Å². The summed E-state index contributed by atoms with van der Waals surface area (Å²) in [7, 11) is 0. The highest BCUT2D eigenvalue weighted by Gasteiger charge is 2.28. The van der Waals surface area contributed by atoms with Crippen LogP contribution in [0.1, 0.15) is 17.7 Å². The van der Waals surface area contributed by atoms with E-state index in [2.05, 4.69) is 25.4 Å². The van der Waals surface area contributed by atoms with Crippen molar-refractivity contribution in [2.24, 2.45) is 0 Å². The number of nitrogen functional groups attached to an aromatic ring is 1. The topological polar surface area (TPSA) is 103 Å². The first-order valence-electron chi connectivity index (χ1n) is 10.8. The van der Waals surface area contributed by atoms with Gasteiger partial charge >= 0.3 is 6.18 Å². The van der Waals surface area contributed by atoms with Crippen molar-refractivity contribution >= 4 is 11.6 Å². The molecule has 0 saturated carbocycles. The largest absolute Gasteiger partial charge is 0.408 e. The van der Waals surface area contributed by atoms with E-state index in [1.807, 2.05) is 0 Å². The lowest BCUT2D eigenvalue weighted by molar-refractivity contribution is -0.142. The maximum Gasteiger partial charge on any atom is 0.408 e. The summed E-state index contributed by atoms with van der Waals surface area (Å²) in [6.07, 6.45) is 2.21. The Bertz CT molecular complexity index is 1460. The van der Waals surface area contributed by atoms with E-state index < -0.39 is 12.7 Å². The molecule has 12 heteroatoms. The Balaban J connectivity index is 1.45. The van der Waals surface area contributed by atoms with Gasteiger partial charge in [0.05, 0.1) is 18.1 Å². The molecule has 1 aromatic carbocycles. The molecule has 5 rings (SSSR count). The second-order valence-electron chi connectivity index (χ2n) is 8.15. The first kappa shape index (κ1) is 22.6. The molecule has 0 aliphatic heterocycles. The Labute approximate surface area is 196 Å². The number of fused-ring (bicyclic) bond motifs is 1. The van der Waals surface area contributed by atoms with Crippen molar-refractivity contribution in [3.05, 3.63) is 72.1 Å². The van der Waals surface area contributed by atoms with Gasteiger partial charge in [-0.1, -0.05) is 12.1 Å². The summed E-state index contributed by atoms with van der Waals surface area (Å²) in [6, 6.07) is 9.99. The monoisotopic (exact) mass is 484 g/mol. The molecular weight excluding hydrogens is 464 g/mol. The molecule has 0 unspecified atom stereocenters. The zero-order chi connectivity index (χ0) is 24.6. The van der Waals surface area contributed by atoms with Crippen LogP contribution in [0.25, 0.3) is 28.0 Å². The minimum atomic E-state index is -4.39. The van der Waals surface area contributed by atoms with Crippen LogP contribution in [-0.4, -0.2) is 40.8 Å². The number of nitrogens with one attached hydrogen (secondary N) is 1. The van der Waals surface area contributed by atoms with Crippen molar-refractivity contribution in [2.45, 2.75) is 32.0 Å². The van der Waals surface area contributed by atoms with E-state index in [1.165, 1.54) is 29.0 Å². The Morgan fingerprint density at radius 2 is 1.80 bits per heavy atom. The van der Waals surface area contributed by atoms with Crippen molar-refractivity contribution in [2.75, 3.05) is 5.73 Å². The number of rotatable bonds is 7. The van der Waals surface area contributed by atoms with Crippen LogP contribution >= 0.6 is 0 Å². The highest BCUT2D eigenvalue weighted by atomic mass is 19.4. The van der Waals surface area contributed by atoms with Crippen molar-refractivity contribution in [1.29, 1.82) is 0 Å². The molecule has 0 bridgehead atoms. The molecule has 0 radical (unpaired) electrons. The summed E-state index contributed by atoms with van der Waals surface area (Å²) in [5.74, 6) is -0.230. The lowest BCUT2D eigenvalue weighted by Crippen LogP contribution is -2.17. The smallest absolute Gasteiger partial charge is 0.366 e. The number of pyridine rings is 1. The summed E-state index contributed by atoms with van der Waals surface area (Å²) >= 11 is 0. The van der Waals surface area contributed by atoms with Crippen LogP contribution in [-0.2, 0) is 19.4 Å². The van der Waals surface area contributed by atoms with E-state index >= 15 is 0 Å². The summed E-state index contributed by atoms with van der Waals surface area (Å²) in [6.45, 7) is -1.20. The second-order valence-corrected chi connectivity index (χ2v) is 8.15. The summed E-state index contributed by atoms with van der Waals surface area (Å²) in [5.41, 5.74) is 10.7. The van der Waals surface area contributed by atoms with Crippen molar-refractivity contribution in [1.82, 2.24) is 34.6 Å². The lowest BCUT2D eigenvalue weighted by Gasteiger charge is -2.08. The predicted molar refractivity (Wildman–Crippen MR) is 121 cm³/mol. The number of benzene rings is 1. The maximum atomic E-state index is 13.1.